The first-order chi connectivity index (χ1) is 12.7. The summed E-state index contributed by atoms with van der Waals surface area (Å²) in [6.45, 7) is 0. The molecule has 0 fully saturated rings. The highest BCUT2D eigenvalue weighted by molar-refractivity contribution is 7.99. The minimum absolute atomic E-state index is 0.135. The lowest BCUT2D eigenvalue weighted by Gasteiger charge is -2.06. The number of nitrogens with zero attached hydrogens (tertiary/aromatic N) is 6. The third-order valence-corrected chi connectivity index (χ3v) is 5.23. The van der Waals surface area contributed by atoms with Gasteiger partial charge in [-0.1, -0.05) is 17.8 Å². The van der Waals surface area contributed by atoms with E-state index in [9.17, 15) is 4.79 Å². The summed E-state index contributed by atoms with van der Waals surface area (Å²) in [5, 5.41) is 11.9. The summed E-state index contributed by atoms with van der Waals surface area (Å²) >= 11 is 2.45. The second-order valence-corrected chi connectivity index (χ2v) is 6.85. The van der Waals surface area contributed by atoms with Crippen molar-refractivity contribution >= 4 is 46.1 Å². The highest BCUT2D eigenvalue weighted by Crippen LogP contribution is 2.24. The van der Waals surface area contributed by atoms with E-state index in [0.29, 0.717) is 16.4 Å². The predicted octanol–water partition coefficient (Wildman–Crippen LogP) is 2.61. The first kappa shape index (κ1) is 16.6. The monoisotopic (exact) mass is 383 g/mol. The largest absolute Gasteiger partial charge is 0.323 e. The van der Waals surface area contributed by atoms with Crippen LogP contribution < -0.4 is 5.32 Å². The van der Waals surface area contributed by atoms with Crippen LogP contribution in [0.3, 0.4) is 0 Å². The van der Waals surface area contributed by atoms with Gasteiger partial charge in [-0.15, -0.1) is 10.2 Å². The molecule has 3 aromatic heterocycles. The predicted molar refractivity (Wildman–Crippen MR) is 101 cm³/mol. The number of carbonyl (C=O) groups excluding carboxylic acids is 1. The fraction of sp³-hybridized carbons (Fsp3) is 0.125. The van der Waals surface area contributed by atoms with Crippen LogP contribution in [0.5, 0.6) is 0 Å². The van der Waals surface area contributed by atoms with Gasteiger partial charge in [0, 0.05) is 25.0 Å². The molecular weight excluding hydrogens is 370 g/mol. The number of pyridine rings is 1. The Bertz CT molecular complexity index is 1060. The standard InChI is InChI=1S/C16H13N7OS2/c1-23-15(10-5-7-17-8-6-10)19-20-16(23)25-9-13(24)18-11-3-2-4-12-14(11)22-26-21-12/h2-8H,9H2,1H3,(H,18,24). The van der Waals surface area contributed by atoms with E-state index in [1.54, 1.807) is 12.4 Å². The molecule has 0 radical (unpaired) electrons. The molecule has 0 spiro atoms. The third kappa shape index (κ3) is 3.28. The lowest BCUT2D eigenvalue weighted by atomic mass is 10.2. The first-order valence-corrected chi connectivity index (χ1v) is 9.37. The molecule has 1 aromatic carbocycles. The Morgan fingerprint density at radius 1 is 1.19 bits per heavy atom. The Kier molecular flexibility index (Phi) is 4.59. The molecule has 0 unspecified atom stereocenters. The molecule has 0 aliphatic carbocycles. The van der Waals surface area contributed by atoms with E-state index in [0.717, 1.165) is 28.6 Å². The SMILES string of the molecule is Cn1c(SCC(=O)Nc2cccc3nsnc23)nnc1-c1ccncc1. The van der Waals surface area contributed by atoms with Crippen molar-refractivity contribution in [3.8, 4) is 11.4 Å². The van der Waals surface area contributed by atoms with Gasteiger partial charge in [-0.05, 0) is 24.3 Å². The topological polar surface area (TPSA) is 98.5 Å². The minimum Gasteiger partial charge on any atom is -0.323 e. The van der Waals surface area contributed by atoms with Crippen molar-refractivity contribution in [1.29, 1.82) is 0 Å². The van der Waals surface area contributed by atoms with E-state index in [2.05, 4.69) is 29.2 Å². The molecule has 3 heterocycles. The molecule has 0 saturated carbocycles. The Balaban J connectivity index is 1.44. The zero-order valence-corrected chi connectivity index (χ0v) is 15.3. The molecule has 0 atom stereocenters. The lowest BCUT2D eigenvalue weighted by molar-refractivity contribution is -0.113. The van der Waals surface area contributed by atoms with Crippen LogP contribution in [0.15, 0.2) is 47.9 Å². The average molecular weight is 383 g/mol. The van der Waals surface area contributed by atoms with Gasteiger partial charge in [0.15, 0.2) is 11.0 Å². The zero-order valence-electron chi connectivity index (χ0n) is 13.7. The summed E-state index contributed by atoms with van der Waals surface area (Å²) in [6, 6.07) is 9.26. The van der Waals surface area contributed by atoms with E-state index in [4.69, 9.17) is 0 Å². The van der Waals surface area contributed by atoms with Crippen LogP contribution in [-0.2, 0) is 11.8 Å². The molecule has 0 bridgehead atoms. The maximum absolute atomic E-state index is 12.3. The van der Waals surface area contributed by atoms with Crippen molar-refractivity contribution in [2.24, 2.45) is 7.05 Å². The molecule has 1 amide bonds. The molecule has 1 N–H and O–H groups in total. The molecule has 0 saturated heterocycles. The lowest BCUT2D eigenvalue weighted by Crippen LogP contribution is -2.14. The highest BCUT2D eigenvalue weighted by atomic mass is 32.2. The Morgan fingerprint density at radius 2 is 2.04 bits per heavy atom. The number of amides is 1. The molecule has 26 heavy (non-hydrogen) atoms. The van der Waals surface area contributed by atoms with Gasteiger partial charge < -0.3 is 9.88 Å². The number of benzene rings is 1. The number of nitrogens with one attached hydrogen (secondary N) is 1. The van der Waals surface area contributed by atoms with E-state index in [1.807, 2.05) is 41.9 Å². The highest BCUT2D eigenvalue weighted by Gasteiger charge is 2.14. The Labute approximate surface area is 157 Å². The van der Waals surface area contributed by atoms with Crippen LogP contribution in [0.1, 0.15) is 0 Å². The summed E-state index contributed by atoms with van der Waals surface area (Å²) in [6.07, 6.45) is 3.41. The maximum atomic E-state index is 12.3. The quantitative estimate of drug-likeness (QED) is 0.529. The van der Waals surface area contributed by atoms with Crippen molar-refractivity contribution in [3.63, 3.8) is 0 Å². The molecule has 8 nitrogen and oxygen atoms in total. The zero-order chi connectivity index (χ0) is 17.9. The van der Waals surface area contributed by atoms with Gasteiger partial charge in [-0.2, -0.15) is 8.75 Å². The van der Waals surface area contributed by atoms with E-state index >= 15 is 0 Å². The molecular formula is C16H13N7OS2. The second-order valence-electron chi connectivity index (χ2n) is 5.38. The van der Waals surface area contributed by atoms with E-state index < -0.39 is 0 Å². The number of rotatable bonds is 5. The van der Waals surface area contributed by atoms with Crippen LogP contribution in [0.25, 0.3) is 22.4 Å². The first-order valence-electron chi connectivity index (χ1n) is 7.66. The van der Waals surface area contributed by atoms with Crippen molar-refractivity contribution in [3.05, 3.63) is 42.7 Å². The molecule has 130 valence electrons. The molecule has 4 rings (SSSR count). The molecule has 0 aliphatic heterocycles. The van der Waals surface area contributed by atoms with Crippen LogP contribution in [0.2, 0.25) is 0 Å². The summed E-state index contributed by atoms with van der Waals surface area (Å²) in [4.78, 5) is 16.3. The number of hydrogen-bond acceptors (Lipinski definition) is 8. The Morgan fingerprint density at radius 3 is 2.88 bits per heavy atom. The maximum Gasteiger partial charge on any atom is 0.234 e. The number of anilines is 1. The van der Waals surface area contributed by atoms with Gasteiger partial charge in [0.05, 0.1) is 23.2 Å². The van der Waals surface area contributed by atoms with Gasteiger partial charge in [-0.25, -0.2) is 0 Å². The molecule has 0 aliphatic rings. The minimum atomic E-state index is -0.135. The Hall–Kier alpha value is -2.85. The molecule has 4 aromatic rings. The summed E-state index contributed by atoms with van der Waals surface area (Å²) in [5.41, 5.74) is 3.07. The van der Waals surface area contributed by atoms with Crippen molar-refractivity contribution < 1.29 is 4.79 Å². The number of carbonyl (C=O) groups is 1. The second kappa shape index (κ2) is 7.18. The van der Waals surface area contributed by atoms with Crippen LogP contribution in [-0.4, -0.2) is 40.2 Å². The fourth-order valence-corrected chi connectivity index (χ4v) is 3.68. The number of thioether (sulfide) groups is 1. The van der Waals surface area contributed by atoms with Crippen LogP contribution in [0.4, 0.5) is 5.69 Å². The van der Waals surface area contributed by atoms with Gasteiger partial charge in [0.1, 0.15) is 11.0 Å². The van der Waals surface area contributed by atoms with Crippen molar-refractivity contribution in [1.82, 2.24) is 28.5 Å². The fourth-order valence-electron chi connectivity index (χ4n) is 2.42. The molecule has 10 heteroatoms. The van der Waals surface area contributed by atoms with Gasteiger partial charge in [-0.3, -0.25) is 9.78 Å². The third-order valence-electron chi connectivity index (χ3n) is 3.67. The van der Waals surface area contributed by atoms with Gasteiger partial charge >= 0.3 is 0 Å². The number of hydrogen-bond donors (Lipinski definition) is 1. The smallest absolute Gasteiger partial charge is 0.234 e. The van der Waals surface area contributed by atoms with E-state index in [1.165, 1.54) is 11.8 Å². The summed E-state index contributed by atoms with van der Waals surface area (Å²) in [5.74, 6) is 0.814. The van der Waals surface area contributed by atoms with Crippen LogP contribution >= 0.6 is 23.5 Å². The number of fused-ring (bicyclic) bond motifs is 1. The van der Waals surface area contributed by atoms with Gasteiger partial charge in [0.2, 0.25) is 5.91 Å². The van der Waals surface area contributed by atoms with Crippen molar-refractivity contribution in [2.75, 3.05) is 11.1 Å². The average Bonchev–Trinajstić information content (AvgIpc) is 3.28. The van der Waals surface area contributed by atoms with Gasteiger partial charge in [0.25, 0.3) is 0 Å². The summed E-state index contributed by atoms with van der Waals surface area (Å²) < 4.78 is 10.2. The number of aromatic nitrogens is 6. The van der Waals surface area contributed by atoms with Crippen LogP contribution in [0, 0.1) is 0 Å². The van der Waals surface area contributed by atoms with Crippen molar-refractivity contribution in [2.45, 2.75) is 5.16 Å². The van der Waals surface area contributed by atoms with E-state index in [-0.39, 0.29) is 11.7 Å². The normalized spacial score (nSPS) is 11.0. The summed E-state index contributed by atoms with van der Waals surface area (Å²) in [7, 11) is 1.87.